The van der Waals surface area contributed by atoms with Gasteiger partial charge in [0.25, 0.3) is 0 Å². The molecule has 0 fully saturated rings. The highest BCUT2D eigenvalue weighted by molar-refractivity contribution is 6.00. The largest absolute Gasteiger partial charge is 0.350 e. The maximum Gasteiger partial charge on any atom is 0.332 e. The van der Waals surface area contributed by atoms with Gasteiger partial charge in [-0.1, -0.05) is 40.7 Å². The molecule has 3 N–H and O–H groups in total. The van der Waals surface area contributed by atoms with Gasteiger partial charge in [-0.15, -0.1) is 0 Å². The Labute approximate surface area is 139 Å². The third-order valence-corrected chi connectivity index (χ3v) is 5.18. The highest BCUT2D eigenvalue weighted by Gasteiger charge is 2.37. The topological polar surface area (TPSA) is 67.5 Å². The van der Waals surface area contributed by atoms with Crippen LogP contribution in [0.25, 0.3) is 0 Å². The second-order valence-electron chi connectivity index (χ2n) is 7.85. The first kappa shape index (κ1) is 17.5. The van der Waals surface area contributed by atoms with E-state index in [4.69, 9.17) is 5.73 Å². The van der Waals surface area contributed by atoms with Crippen LogP contribution in [0.15, 0.2) is 17.2 Å². The highest BCUT2D eigenvalue weighted by Crippen LogP contribution is 2.46. The van der Waals surface area contributed by atoms with Gasteiger partial charge in [0.2, 0.25) is 0 Å². The van der Waals surface area contributed by atoms with Crippen molar-refractivity contribution in [3.05, 3.63) is 34.4 Å². The molecular weight excluding hydrogens is 286 g/mol. The first-order chi connectivity index (χ1) is 10.6. The number of hydrogen-bond acceptors (Lipinski definition) is 2. The molecule has 1 aromatic rings. The van der Waals surface area contributed by atoms with Gasteiger partial charge < -0.3 is 5.73 Å². The minimum Gasteiger partial charge on any atom is -0.350 e. The number of carbonyl (C=O) groups is 1. The van der Waals surface area contributed by atoms with Crippen molar-refractivity contribution in [1.82, 2.24) is 5.43 Å². The number of urea groups is 1. The van der Waals surface area contributed by atoms with Gasteiger partial charge >= 0.3 is 6.03 Å². The van der Waals surface area contributed by atoms with Crippen LogP contribution in [0, 0.1) is 0 Å². The molecule has 0 aliphatic heterocycles. The fraction of sp³-hybridized carbons (Fsp3) is 0.579. The van der Waals surface area contributed by atoms with E-state index in [0.717, 1.165) is 17.7 Å². The number of hydrogen-bond donors (Lipinski definition) is 2. The normalized spacial score (nSPS) is 19.1. The first-order valence-corrected chi connectivity index (χ1v) is 8.36. The molecule has 0 unspecified atom stereocenters. The van der Waals surface area contributed by atoms with Crippen molar-refractivity contribution in [2.75, 3.05) is 0 Å². The van der Waals surface area contributed by atoms with Gasteiger partial charge in [-0.05, 0) is 59.8 Å². The van der Waals surface area contributed by atoms with Gasteiger partial charge in [0, 0.05) is 5.56 Å². The Morgan fingerprint density at radius 3 is 2.17 bits per heavy atom. The molecule has 0 radical (unpaired) electrons. The van der Waals surface area contributed by atoms with Crippen LogP contribution in [-0.4, -0.2) is 11.7 Å². The number of fused-ring (bicyclic) bond motifs is 1. The Morgan fingerprint density at radius 1 is 1.17 bits per heavy atom. The van der Waals surface area contributed by atoms with E-state index in [1.54, 1.807) is 0 Å². The summed E-state index contributed by atoms with van der Waals surface area (Å²) in [5.74, 6) is 0. The summed E-state index contributed by atoms with van der Waals surface area (Å²) in [5.41, 5.74) is 13.8. The van der Waals surface area contributed by atoms with Crippen molar-refractivity contribution < 1.29 is 4.79 Å². The zero-order valence-corrected chi connectivity index (χ0v) is 15.2. The molecule has 1 aromatic carbocycles. The van der Waals surface area contributed by atoms with Gasteiger partial charge in [-0.2, -0.15) is 5.10 Å². The molecular formula is C19H29N3O. The molecule has 2 rings (SSSR count). The summed E-state index contributed by atoms with van der Waals surface area (Å²) in [6.07, 6.45) is 3.31. The lowest BCUT2D eigenvalue weighted by Gasteiger charge is -2.42. The number of amides is 2. The van der Waals surface area contributed by atoms with Crippen molar-refractivity contribution in [1.29, 1.82) is 0 Å². The molecule has 4 nitrogen and oxygen atoms in total. The van der Waals surface area contributed by atoms with Gasteiger partial charge in [0.15, 0.2) is 0 Å². The van der Waals surface area contributed by atoms with Crippen LogP contribution >= 0.6 is 0 Å². The summed E-state index contributed by atoms with van der Waals surface area (Å²) >= 11 is 0. The molecule has 0 aromatic heterocycles. The lowest BCUT2D eigenvalue weighted by Crippen LogP contribution is -2.34. The predicted octanol–water partition coefficient (Wildman–Crippen LogP) is 3.99. The van der Waals surface area contributed by atoms with Crippen LogP contribution in [0.5, 0.6) is 0 Å². The van der Waals surface area contributed by atoms with Crippen molar-refractivity contribution in [3.8, 4) is 0 Å². The monoisotopic (exact) mass is 315 g/mol. The molecule has 0 saturated heterocycles. The lowest BCUT2D eigenvalue weighted by molar-refractivity contribution is 0.249. The van der Waals surface area contributed by atoms with Crippen LogP contribution in [0.1, 0.15) is 76.6 Å². The van der Waals surface area contributed by atoms with Crippen molar-refractivity contribution in [3.63, 3.8) is 0 Å². The number of nitrogens with zero attached hydrogens (tertiary/aromatic N) is 1. The number of aryl methyl sites for hydroxylation is 1. The second kappa shape index (κ2) is 5.99. The number of carbonyl (C=O) groups excluding carboxylic acids is 1. The van der Waals surface area contributed by atoms with E-state index in [1.165, 1.54) is 29.5 Å². The number of nitrogens with two attached hydrogens (primary N) is 1. The Balaban J connectivity index is 2.62. The minimum absolute atomic E-state index is 0.156. The van der Waals surface area contributed by atoms with E-state index in [2.05, 4.69) is 57.3 Å². The highest BCUT2D eigenvalue weighted by atomic mass is 16.2. The fourth-order valence-corrected chi connectivity index (χ4v) is 3.49. The molecule has 23 heavy (non-hydrogen) atoms. The van der Waals surface area contributed by atoms with Crippen molar-refractivity contribution >= 4 is 11.7 Å². The van der Waals surface area contributed by atoms with Gasteiger partial charge in [0.1, 0.15) is 0 Å². The Kier molecular flexibility index (Phi) is 4.56. The summed E-state index contributed by atoms with van der Waals surface area (Å²) < 4.78 is 0. The molecule has 0 atom stereocenters. The van der Waals surface area contributed by atoms with Crippen LogP contribution in [0.2, 0.25) is 0 Å². The van der Waals surface area contributed by atoms with E-state index in [-0.39, 0.29) is 10.8 Å². The Hall–Kier alpha value is -1.84. The van der Waals surface area contributed by atoms with Crippen LogP contribution in [0.4, 0.5) is 4.79 Å². The second-order valence-corrected chi connectivity index (χ2v) is 7.85. The van der Waals surface area contributed by atoms with E-state index in [9.17, 15) is 4.79 Å². The van der Waals surface area contributed by atoms with Crippen molar-refractivity contribution in [2.45, 2.75) is 71.6 Å². The molecule has 1 aliphatic carbocycles. The summed E-state index contributed by atoms with van der Waals surface area (Å²) in [6, 6.07) is 3.98. The quantitative estimate of drug-likeness (QED) is 0.642. The number of primary amides is 1. The summed E-state index contributed by atoms with van der Waals surface area (Å²) in [7, 11) is 0. The minimum atomic E-state index is -0.637. The van der Waals surface area contributed by atoms with Crippen molar-refractivity contribution in [2.24, 2.45) is 10.8 Å². The standard InChI is InChI=1S/C19H29N3O/c1-7-13-10-15-16(19(5,6)9-8-18(15,3)4)11-14(13)12(2)21-22-17(20)23/h10-11H,7-9H2,1-6H3,(H3,20,22,23)/b21-12+. The van der Waals surface area contributed by atoms with Crippen LogP contribution in [0.3, 0.4) is 0 Å². The molecule has 126 valence electrons. The van der Waals surface area contributed by atoms with Gasteiger partial charge in [0.05, 0.1) is 5.71 Å². The third-order valence-electron chi connectivity index (χ3n) is 5.18. The Morgan fingerprint density at radius 2 is 1.70 bits per heavy atom. The molecule has 2 amide bonds. The smallest absolute Gasteiger partial charge is 0.332 e. The van der Waals surface area contributed by atoms with Crippen LogP contribution < -0.4 is 11.2 Å². The average Bonchev–Trinajstić information content (AvgIpc) is 2.48. The molecule has 0 saturated carbocycles. The third kappa shape index (κ3) is 3.41. The van der Waals surface area contributed by atoms with E-state index < -0.39 is 6.03 Å². The molecule has 0 spiro atoms. The summed E-state index contributed by atoms with van der Waals surface area (Å²) in [4.78, 5) is 10.9. The average molecular weight is 315 g/mol. The van der Waals surface area contributed by atoms with Gasteiger partial charge in [-0.3, -0.25) is 0 Å². The summed E-state index contributed by atoms with van der Waals surface area (Å²) in [5, 5.41) is 4.13. The number of hydrazone groups is 1. The van der Waals surface area contributed by atoms with Gasteiger partial charge in [-0.25, -0.2) is 10.2 Å². The number of rotatable bonds is 3. The zero-order chi connectivity index (χ0) is 17.4. The molecule has 0 bridgehead atoms. The van der Waals surface area contributed by atoms with E-state index >= 15 is 0 Å². The lowest BCUT2D eigenvalue weighted by atomic mass is 9.62. The van der Waals surface area contributed by atoms with E-state index in [1.807, 2.05) is 6.92 Å². The number of benzene rings is 1. The molecule has 1 aliphatic rings. The fourth-order valence-electron chi connectivity index (χ4n) is 3.49. The maximum atomic E-state index is 10.9. The Bertz CT molecular complexity index is 657. The first-order valence-electron chi connectivity index (χ1n) is 8.36. The summed E-state index contributed by atoms with van der Waals surface area (Å²) in [6.45, 7) is 13.3. The van der Waals surface area contributed by atoms with Crippen LogP contribution in [-0.2, 0) is 17.3 Å². The predicted molar refractivity (Wildman–Crippen MR) is 96.0 cm³/mol. The SMILES string of the molecule is CCc1cc2c(cc1/C(C)=N/NC(N)=O)C(C)(C)CCC2(C)C. The molecule has 4 heteroatoms. The van der Waals surface area contributed by atoms with E-state index in [0.29, 0.717) is 0 Å². The zero-order valence-electron chi connectivity index (χ0n) is 15.2. The molecule has 0 heterocycles. The maximum absolute atomic E-state index is 10.9. The number of nitrogens with one attached hydrogen (secondary N) is 1.